The van der Waals surface area contributed by atoms with Crippen LogP contribution in [-0.4, -0.2) is 21.6 Å². The number of aromatic nitrogens is 2. The van der Waals surface area contributed by atoms with E-state index >= 15 is 0 Å². The molecular formula is C9H8N2O3. The van der Waals surface area contributed by atoms with Crippen LogP contribution < -0.4 is 10.3 Å². The summed E-state index contributed by atoms with van der Waals surface area (Å²) in [5, 5.41) is 9.42. The molecule has 0 radical (unpaired) electrons. The Morgan fingerprint density at radius 2 is 2.29 bits per heavy atom. The van der Waals surface area contributed by atoms with Crippen molar-refractivity contribution in [3.05, 3.63) is 34.9 Å². The van der Waals surface area contributed by atoms with Crippen LogP contribution >= 0.6 is 0 Å². The zero-order valence-corrected chi connectivity index (χ0v) is 7.47. The average Bonchev–Trinajstić information content (AvgIpc) is 2.23. The molecule has 0 amide bonds. The minimum Gasteiger partial charge on any atom is -0.506 e. The lowest BCUT2D eigenvalue weighted by Gasteiger charge is -2.03. The second-order valence-electron chi connectivity index (χ2n) is 2.74. The number of pyridine rings is 1. The van der Waals surface area contributed by atoms with Gasteiger partial charge in [0.15, 0.2) is 0 Å². The second-order valence-corrected chi connectivity index (χ2v) is 2.74. The molecule has 14 heavy (non-hydrogen) atoms. The van der Waals surface area contributed by atoms with Gasteiger partial charge in [-0.2, -0.15) is 0 Å². The number of hydrogen-bond donors (Lipinski definition) is 1. The molecule has 1 N–H and O–H groups in total. The molecule has 0 bridgehead atoms. The summed E-state index contributed by atoms with van der Waals surface area (Å²) in [6.07, 6.45) is 2.81. The van der Waals surface area contributed by atoms with Crippen molar-refractivity contribution in [3.8, 4) is 11.6 Å². The molecule has 0 aliphatic heterocycles. The van der Waals surface area contributed by atoms with Crippen molar-refractivity contribution in [2.75, 3.05) is 7.11 Å². The molecule has 2 rings (SSSR count). The first-order chi connectivity index (χ1) is 6.72. The van der Waals surface area contributed by atoms with Crippen molar-refractivity contribution in [1.82, 2.24) is 9.38 Å². The van der Waals surface area contributed by atoms with Gasteiger partial charge < -0.3 is 9.84 Å². The van der Waals surface area contributed by atoms with E-state index in [1.807, 2.05) is 0 Å². The zero-order valence-electron chi connectivity index (χ0n) is 7.47. The van der Waals surface area contributed by atoms with Crippen molar-refractivity contribution < 1.29 is 9.84 Å². The Labute approximate surface area is 79.2 Å². The third kappa shape index (κ3) is 1.19. The number of fused-ring (bicyclic) bond motifs is 1. The van der Waals surface area contributed by atoms with Gasteiger partial charge in [0.05, 0.1) is 19.5 Å². The smallest absolute Gasteiger partial charge is 0.255 e. The zero-order chi connectivity index (χ0) is 10.1. The Kier molecular flexibility index (Phi) is 1.85. The highest BCUT2D eigenvalue weighted by molar-refractivity contribution is 5.57. The fraction of sp³-hybridized carbons (Fsp3) is 0.111. The van der Waals surface area contributed by atoms with Crippen molar-refractivity contribution in [2.45, 2.75) is 0 Å². The molecular weight excluding hydrogens is 184 g/mol. The molecule has 0 spiro atoms. The first-order valence-electron chi connectivity index (χ1n) is 3.97. The Bertz CT molecular complexity index is 533. The third-order valence-electron chi connectivity index (χ3n) is 1.91. The molecule has 2 aromatic heterocycles. The normalized spacial score (nSPS) is 10.4. The van der Waals surface area contributed by atoms with E-state index in [2.05, 4.69) is 4.98 Å². The summed E-state index contributed by atoms with van der Waals surface area (Å²) >= 11 is 0. The summed E-state index contributed by atoms with van der Waals surface area (Å²) in [4.78, 5) is 15.3. The lowest BCUT2D eigenvalue weighted by atomic mass is 10.3. The predicted molar refractivity (Wildman–Crippen MR) is 49.7 cm³/mol. The number of aromatic hydroxyl groups is 1. The van der Waals surface area contributed by atoms with E-state index in [1.54, 1.807) is 0 Å². The van der Waals surface area contributed by atoms with Gasteiger partial charge in [0, 0.05) is 6.07 Å². The molecule has 0 aliphatic rings. The highest BCUT2D eigenvalue weighted by Crippen LogP contribution is 2.16. The second kappa shape index (κ2) is 3.02. The lowest BCUT2D eigenvalue weighted by Crippen LogP contribution is -2.12. The van der Waals surface area contributed by atoms with E-state index in [4.69, 9.17) is 4.74 Å². The summed E-state index contributed by atoms with van der Waals surface area (Å²) in [7, 11) is 1.46. The summed E-state index contributed by atoms with van der Waals surface area (Å²) in [5.41, 5.74) is 0.122. The molecule has 0 saturated carbocycles. The summed E-state index contributed by atoms with van der Waals surface area (Å²) in [6, 6.07) is 2.62. The van der Waals surface area contributed by atoms with Gasteiger partial charge in [0.2, 0.25) is 5.88 Å². The highest BCUT2D eigenvalue weighted by atomic mass is 16.5. The molecule has 0 aromatic carbocycles. The Morgan fingerprint density at radius 3 is 3.00 bits per heavy atom. The number of rotatable bonds is 1. The van der Waals surface area contributed by atoms with E-state index in [1.165, 1.54) is 36.0 Å². The van der Waals surface area contributed by atoms with Crippen LogP contribution in [0.1, 0.15) is 0 Å². The topological polar surface area (TPSA) is 63.8 Å². The number of nitrogens with zero attached hydrogens (tertiary/aromatic N) is 2. The molecule has 0 atom stereocenters. The molecule has 0 saturated heterocycles. The first-order valence-corrected chi connectivity index (χ1v) is 3.97. The first kappa shape index (κ1) is 8.55. The fourth-order valence-corrected chi connectivity index (χ4v) is 1.19. The maximum absolute atomic E-state index is 11.4. The lowest BCUT2D eigenvalue weighted by molar-refractivity contribution is 0.394. The maximum Gasteiger partial charge on any atom is 0.255 e. The minimum absolute atomic E-state index is 0.0137. The Morgan fingerprint density at radius 1 is 1.50 bits per heavy atom. The molecule has 5 heteroatoms. The van der Waals surface area contributed by atoms with E-state index in [9.17, 15) is 9.90 Å². The average molecular weight is 192 g/mol. The Balaban J connectivity index is 2.87. The number of methoxy groups -OCH3 is 1. The van der Waals surface area contributed by atoms with Crippen LogP contribution in [0.15, 0.2) is 29.3 Å². The van der Waals surface area contributed by atoms with Gasteiger partial charge in [0.25, 0.3) is 5.56 Å². The summed E-state index contributed by atoms with van der Waals surface area (Å²) in [5.74, 6) is 0.338. The van der Waals surface area contributed by atoms with Crippen LogP contribution in [0.4, 0.5) is 0 Å². The van der Waals surface area contributed by atoms with Crippen LogP contribution in [0.5, 0.6) is 11.6 Å². The van der Waals surface area contributed by atoms with Crippen molar-refractivity contribution in [3.63, 3.8) is 0 Å². The van der Waals surface area contributed by atoms with Gasteiger partial charge >= 0.3 is 0 Å². The van der Waals surface area contributed by atoms with Crippen LogP contribution in [0.25, 0.3) is 5.52 Å². The molecule has 0 unspecified atom stereocenters. The Hall–Kier alpha value is -2.04. The summed E-state index contributed by atoms with van der Waals surface area (Å²) < 4.78 is 6.14. The molecule has 2 heterocycles. The fourth-order valence-electron chi connectivity index (χ4n) is 1.19. The van der Waals surface area contributed by atoms with Crippen LogP contribution in [0, 0.1) is 0 Å². The van der Waals surface area contributed by atoms with E-state index in [0.29, 0.717) is 11.4 Å². The van der Waals surface area contributed by atoms with Gasteiger partial charge in [-0.3, -0.25) is 9.20 Å². The van der Waals surface area contributed by atoms with Crippen LogP contribution in [-0.2, 0) is 0 Å². The SMILES string of the molecule is COc1cn2c(=O)ccc(O)c2cn1. The van der Waals surface area contributed by atoms with Gasteiger partial charge in [-0.1, -0.05) is 0 Å². The van der Waals surface area contributed by atoms with E-state index in [-0.39, 0.29) is 11.3 Å². The molecule has 0 aliphatic carbocycles. The quantitative estimate of drug-likeness (QED) is 0.710. The van der Waals surface area contributed by atoms with Crippen LogP contribution in [0.2, 0.25) is 0 Å². The van der Waals surface area contributed by atoms with Gasteiger partial charge in [0.1, 0.15) is 11.3 Å². The van der Waals surface area contributed by atoms with Gasteiger partial charge in [-0.25, -0.2) is 4.98 Å². The summed E-state index contributed by atoms with van der Waals surface area (Å²) in [6.45, 7) is 0. The van der Waals surface area contributed by atoms with Crippen molar-refractivity contribution in [1.29, 1.82) is 0 Å². The number of hydrogen-bond acceptors (Lipinski definition) is 4. The molecule has 0 fully saturated rings. The standard InChI is InChI=1S/C9H8N2O3/c1-14-8-5-11-6(4-10-8)7(12)2-3-9(11)13/h2-5,12H,1H3. The minimum atomic E-state index is -0.237. The van der Waals surface area contributed by atoms with Gasteiger partial charge in [-0.05, 0) is 6.07 Å². The largest absolute Gasteiger partial charge is 0.506 e. The molecule has 5 nitrogen and oxygen atoms in total. The molecule has 2 aromatic rings. The van der Waals surface area contributed by atoms with Gasteiger partial charge in [-0.15, -0.1) is 0 Å². The van der Waals surface area contributed by atoms with E-state index < -0.39 is 0 Å². The molecule has 72 valence electrons. The monoisotopic (exact) mass is 192 g/mol. The van der Waals surface area contributed by atoms with E-state index in [0.717, 1.165) is 0 Å². The highest BCUT2D eigenvalue weighted by Gasteiger charge is 2.03. The van der Waals surface area contributed by atoms with Crippen molar-refractivity contribution in [2.24, 2.45) is 0 Å². The number of ether oxygens (including phenoxy) is 1. The maximum atomic E-state index is 11.4. The predicted octanol–water partition coefficient (Wildman–Crippen LogP) is 0.409. The third-order valence-corrected chi connectivity index (χ3v) is 1.91. The van der Waals surface area contributed by atoms with Crippen LogP contribution in [0.3, 0.4) is 0 Å². The van der Waals surface area contributed by atoms with Crippen molar-refractivity contribution >= 4 is 5.52 Å².